The zero-order valence-corrected chi connectivity index (χ0v) is 14.7. The fraction of sp³-hybridized carbons (Fsp3) is 0.389. The van der Waals surface area contributed by atoms with Crippen LogP contribution in [0.25, 0.3) is 0 Å². The van der Waals surface area contributed by atoms with E-state index in [1.54, 1.807) is 6.26 Å². The summed E-state index contributed by atoms with van der Waals surface area (Å²) in [5.41, 5.74) is 2.53. The van der Waals surface area contributed by atoms with Gasteiger partial charge in [0, 0.05) is 25.3 Å². The summed E-state index contributed by atoms with van der Waals surface area (Å²) in [5, 5.41) is 6.75. The van der Waals surface area contributed by atoms with Crippen LogP contribution in [-0.4, -0.2) is 31.1 Å². The maximum Gasteiger partial charge on any atom is 0.191 e. The number of aryl methyl sites for hydroxylation is 1. The number of nitrogens with one attached hydrogen (secondary N) is 2. The predicted octanol–water partition coefficient (Wildman–Crippen LogP) is 3.23. The molecule has 0 atom stereocenters. The molecule has 0 spiro atoms. The lowest BCUT2D eigenvalue weighted by Gasteiger charge is -2.12. The minimum atomic E-state index is 0.683. The van der Waals surface area contributed by atoms with Crippen molar-refractivity contribution in [2.75, 3.05) is 25.1 Å². The van der Waals surface area contributed by atoms with Gasteiger partial charge >= 0.3 is 0 Å². The van der Waals surface area contributed by atoms with E-state index in [1.807, 2.05) is 23.9 Å². The molecule has 5 heteroatoms. The van der Waals surface area contributed by atoms with Crippen LogP contribution in [0.1, 0.15) is 16.9 Å². The first-order chi connectivity index (χ1) is 11.3. The van der Waals surface area contributed by atoms with E-state index in [0.717, 1.165) is 37.0 Å². The summed E-state index contributed by atoms with van der Waals surface area (Å²) in [6.07, 6.45) is 4.66. The molecule has 0 aliphatic heterocycles. The van der Waals surface area contributed by atoms with Gasteiger partial charge in [0.1, 0.15) is 5.76 Å². The van der Waals surface area contributed by atoms with Crippen LogP contribution < -0.4 is 10.6 Å². The normalized spacial score (nSPS) is 11.5. The lowest BCUT2D eigenvalue weighted by Crippen LogP contribution is -2.39. The molecule has 0 saturated heterocycles. The van der Waals surface area contributed by atoms with Crippen LogP contribution in [0, 0.1) is 6.92 Å². The topological polar surface area (TPSA) is 49.6 Å². The van der Waals surface area contributed by atoms with Gasteiger partial charge in [-0.25, -0.2) is 4.99 Å². The van der Waals surface area contributed by atoms with Crippen LogP contribution in [0.4, 0.5) is 0 Å². The van der Waals surface area contributed by atoms with E-state index in [1.165, 1.54) is 11.1 Å². The molecular formula is C18H25N3OS. The van der Waals surface area contributed by atoms with E-state index in [9.17, 15) is 0 Å². The van der Waals surface area contributed by atoms with Crippen LogP contribution in [0.2, 0.25) is 0 Å². The molecular weight excluding hydrogens is 306 g/mol. The molecule has 2 N–H and O–H groups in total. The Morgan fingerprint density at radius 3 is 2.70 bits per heavy atom. The SMILES string of the molecule is CSCCNC(=NCc1ccccc1C)NCCc1ccco1. The third-order valence-corrected chi connectivity index (χ3v) is 4.12. The van der Waals surface area contributed by atoms with Gasteiger partial charge in [-0.15, -0.1) is 0 Å². The van der Waals surface area contributed by atoms with Gasteiger partial charge in [0.25, 0.3) is 0 Å². The summed E-state index contributed by atoms with van der Waals surface area (Å²) >= 11 is 1.82. The first-order valence-corrected chi connectivity index (χ1v) is 9.27. The minimum Gasteiger partial charge on any atom is -0.469 e. The lowest BCUT2D eigenvalue weighted by molar-refractivity contribution is 0.507. The number of nitrogens with zero attached hydrogens (tertiary/aromatic N) is 1. The van der Waals surface area contributed by atoms with Gasteiger partial charge in [-0.1, -0.05) is 24.3 Å². The molecule has 1 aromatic carbocycles. The Morgan fingerprint density at radius 2 is 1.96 bits per heavy atom. The van der Waals surface area contributed by atoms with E-state index in [4.69, 9.17) is 9.41 Å². The van der Waals surface area contributed by atoms with Crippen molar-refractivity contribution in [3.63, 3.8) is 0 Å². The molecule has 2 aromatic rings. The summed E-state index contributed by atoms with van der Waals surface area (Å²) in [7, 11) is 0. The molecule has 2 rings (SSSR count). The van der Waals surface area contributed by atoms with Crippen molar-refractivity contribution >= 4 is 17.7 Å². The quantitative estimate of drug-likeness (QED) is 0.443. The van der Waals surface area contributed by atoms with Gasteiger partial charge in [-0.2, -0.15) is 11.8 Å². The summed E-state index contributed by atoms with van der Waals surface area (Å²) in [4.78, 5) is 4.70. The monoisotopic (exact) mass is 331 g/mol. The van der Waals surface area contributed by atoms with Crippen molar-refractivity contribution in [1.82, 2.24) is 10.6 Å². The van der Waals surface area contributed by atoms with Crippen LogP contribution in [-0.2, 0) is 13.0 Å². The Balaban J connectivity index is 1.89. The molecule has 0 bridgehead atoms. The van der Waals surface area contributed by atoms with Gasteiger partial charge in [0.2, 0.25) is 0 Å². The van der Waals surface area contributed by atoms with Crippen LogP contribution >= 0.6 is 11.8 Å². The molecule has 124 valence electrons. The molecule has 0 unspecified atom stereocenters. The van der Waals surface area contributed by atoms with E-state index in [0.29, 0.717) is 6.54 Å². The second-order valence-corrected chi connectivity index (χ2v) is 6.25. The zero-order chi connectivity index (χ0) is 16.3. The number of rotatable bonds is 8. The van der Waals surface area contributed by atoms with Crippen LogP contribution in [0.15, 0.2) is 52.1 Å². The van der Waals surface area contributed by atoms with Crippen LogP contribution in [0.3, 0.4) is 0 Å². The lowest BCUT2D eigenvalue weighted by atomic mass is 10.1. The van der Waals surface area contributed by atoms with Gasteiger partial charge in [-0.3, -0.25) is 0 Å². The Labute approximate surface area is 142 Å². The van der Waals surface area contributed by atoms with Gasteiger partial charge in [-0.05, 0) is 36.4 Å². The first kappa shape index (κ1) is 17.5. The number of hydrogen-bond acceptors (Lipinski definition) is 3. The molecule has 4 nitrogen and oxygen atoms in total. The highest BCUT2D eigenvalue weighted by Crippen LogP contribution is 2.08. The van der Waals surface area contributed by atoms with Crippen molar-refractivity contribution in [3.8, 4) is 0 Å². The Hall–Kier alpha value is -1.88. The molecule has 0 fully saturated rings. The Morgan fingerprint density at radius 1 is 1.13 bits per heavy atom. The van der Waals surface area contributed by atoms with E-state index in [-0.39, 0.29) is 0 Å². The highest BCUT2D eigenvalue weighted by molar-refractivity contribution is 7.98. The van der Waals surface area contributed by atoms with Crippen molar-refractivity contribution in [2.45, 2.75) is 19.9 Å². The number of furan rings is 1. The highest BCUT2D eigenvalue weighted by Gasteiger charge is 2.01. The Kier molecular flexibility index (Phi) is 7.60. The highest BCUT2D eigenvalue weighted by atomic mass is 32.2. The number of aliphatic imine (C=N–C) groups is 1. The predicted molar refractivity (Wildman–Crippen MR) is 99.1 cm³/mol. The van der Waals surface area contributed by atoms with E-state index in [2.05, 4.69) is 48.1 Å². The van der Waals surface area contributed by atoms with E-state index >= 15 is 0 Å². The summed E-state index contributed by atoms with van der Waals surface area (Å²) < 4.78 is 5.36. The van der Waals surface area contributed by atoms with E-state index < -0.39 is 0 Å². The van der Waals surface area contributed by atoms with Crippen molar-refractivity contribution < 1.29 is 4.42 Å². The summed E-state index contributed by atoms with van der Waals surface area (Å²) in [6, 6.07) is 12.3. The van der Waals surface area contributed by atoms with Crippen molar-refractivity contribution in [1.29, 1.82) is 0 Å². The molecule has 0 aliphatic carbocycles. The molecule has 0 aliphatic rings. The molecule has 1 aromatic heterocycles. The fourth-order valence-electron chi connectivity index (χ4n) is 2.16. The van der Waals surface area contributed by atoms with Gasteiger partial charge < -0.3 is 15.1 Å². The largest absolute Gasteiger partial charge is 0.469 e. The molecule has 23 heavy (non-hydrogen) atoms. The van der Waals surface area contributed by atoms with Gasteiger partial charge in [0.15, 0.2) is 5.96 Å². The Bertz CT molecular complexity index is 596. The van der Waals surface area contributed by atoms with Gasteiger partial charge in [0.05, 0.1) is 12.8 Å². The number of guanidine groups is 1. The second-order valence-electron chi connectivity index (χ2n) is 5.27. The first-order valence-electron chi connectivity index (χ1n) is 7.87. The third-order valence-electron chi connectivity index (χ3n) is 3.51. The smallest absolute Gasteiger partial charge is 0.191 e. The maximum absolute atomic E-state index is 5.36. The number of hydrogen-bond donors (Lipinski definition) is 2. The maximum atomic E-state index is 5.36. The number of thioether (sulfide) groups is 1. The minimum absolute atomic E-state index is 0.683. The second kappa shape index (κ2) is 10.0. The molecule has 0 radical (unpaired) electrons. The number of benzene rings is 1. The third kappa shape index (κ3) is 6.40. The zero-order valence-electron chi connectivity index (χ0n) is 13.8. The summed E-state index contributed by atoms with van der Waals surface area (Å²) in [6.45, 7) is 4.51. The standard InChI is InChI=1S/C18H25N3OS/c1-15-6-3-4-7-16(15)14-21-18(20-11-13-23-2)19-10-9-17-8-5-12-22-17/h3-8,12H,9-11,13-14H2,1-2H3,(H2,19,20,21). The van der Waals surface area contributed by atoms with Crippen LogP contribution in [0.5, 0.6) is 0 Å². The molecule has 0 amide bonds. The average Bonchev–Trinajstić information content (AvgIpc) is 3.07. The fourth-order valence-corrected chi connectivity index (χ4v) is 2.46. The van der Waals surface area contributed by atoms with Crippen molar-refractivity contribution in [2.24, 2.45) is 4.99 Å². The summed E-state index contributed by atoms with van der Waals surface area (Å²) in [5.74, 6) is 2.90. The average molecular weight is 331 g/mol. The van der Waals surface area contributed by atoms with Crippen molar-refractivity contribution in [3.05, 3.63) is 59.5 Å². The molecule has 1 heterocycles. The molecule has 0 saturated carbocycles.